The van der Waals surface area contributed by atoms with Crippen molar-refractivity contribution in [1.29, 1.82) is 0 Å². The van der Waals surface area contributed by atoms with Gasteiger partial charge in [-0.2, -0.15) is 5.10 Å². The van der Waals surface area contributed by atoms with Gasteiger partial charge >= 0.3 is 0 Å². The van der Waals surface area contributed by atoms with Crippen molar-refractivity contribution in [2.24, 2.45) is 5.10 Å². The topological polar surface area (TPSA) is 123 Å². The number of amides is 1. The van der Waals surface area contributed by atoms with Crippen molar-refractivity contribution in [3.63, 3.8) is 0 Å². The molecule has 0 unspecified atom stereocenters. The molecular formula is C17H17N3O6. The third-order valence-electron chi connectivity index (χ3n) is 3.43. The summed E-state index contributed by atoms with van der Waals surface area (Å²) in [4.78, 5) is 22.7. The Morgan fingerprint density at radius 2 is 1.85 bits per heavy atom. The first-order valence-electron chi connectivity index (χ1n) is 7.44. The fourth-order valence-electron chi connectivity index (χ4n) is 2.17. The minimum Gasteiger partial charge on any atom is -0.508 e. The van der Waals surface area contributed by atoms with Crippen LogP contribution in [0.5, 0.6) is 17.2 Å². The Hall–Kier alpha value is -3.62. The summed E-state index contributed by atoms with van der Waals surface area (Å²) in [7, 11) is 2.77. The van der Waals surface area contributed by atoms with Crippen LogP contribution in [0.25, 0.3) is 0 Å². The number of aromatic hydroxyl groups is 1. The number of nitrogens with one attached hydrogen (secondary N) is 1. The van der Waals surface area contributed by atoms with Crippen LogP contribution in [-0.2, 0) is 11.2 Å². The number of phenolic OH excluding ortho intramolecular Hbond substituents is 1. The number of ether oxygens (including phenoxy) is 2. The average molecular weight is 359 g/mol. The van der Waals surface area contributed by atoms with Crippen LogP contribution in [0.1, 0.15) is 11.1 Å². The van der Waals surface area contributed by atoms with Crippen LogP contribution >= 0.6 is 0 Å². The molecule has 0 aliphatic rings. The number of carbonyl (C=O) groups is 1. The van der Waals surface area contributed by atoms with Crippen LogP contribution < -0.4 is 14.9 Å². The van der Waals surface area contributed by atoms with E-state index in [-0.39, 0.29) is 34.9 Å². The molecule has 9 heteroatoms. The Kier molecular flexibility index (Phi) is 6.10. The SMILES string of the molecule is COc1cc(CC(=O)N/N=C\c2ccc(O)cc2)c([N+](=O)[O-])cc1OC. The van der Waals surface area contributed by atoms with E-state index < -0.39 is 10.8 Å². The maximum absolute atomic E-state index is 12.0. The largest absolute Gasteiger partial charge is 0.508 e. The number of methoxy groups -OCH3 is 2. The van der Waals surface area contributed by atoms with Crippen LogP contribution in [0.4, 0.5) is 5.69 Å². The fourth-order valence-corrected chi connectivity index (χ4v) is 2.17. The van der Waals surface area contributed by atoms with Gasteiger partial charge in [-0.3, -0.25) is 14.9 Å². The summed E-state index contributed by atoms with van der Waals surface area (Å²) >= 11 is 0. The number of phenols is 1. The Labute approximate surface area is 149 Å². The first-order valence-corrected chi connectivity index (χ1v) is 7.44. The summed E-state index contributed by atoms with van der Waals surface area (Å²) < 4.78 is 10.2. The molecule has 0 heterocycles. The molecule has 136 valence electrons. The van der Waals surface area contributed by atoms with E-state index in [9.17, 15) is 20.0 Å². The molecule has 0 atom stereocenters. The smallest absolute Gasteiger partial charge is 0.277 e. The second-order valence-electron chi connectivity index (χ2n) is 5.15. The molecule has 0 aliphatic heterocycles. The van der Waals surface area contributed by atoms with E-state index in [2.05, 4.69) is 10.5 Å². The van der Waals surface area contributed by atoms with Crippen molar-refractivity contribution in [3.05, 3.63) is 57.6 Å². The van der Waals surface area contributed by atoms with Gasteiger partial charge in [-0.1, -0.05) is 0 Å². The van der Waals surface area contributed by atoms with Crippen molar-refractivity contribution in [2.45, 2.75) is 6.42 Å². The van der Waals surface area contributed by atoms with Crippen LogP contribution in [0.15, 0.2) is 41.5 Å². The third-order valence-corrected chi connectivity index (χ3v) is 3.43. The predicted octanol–water partition coefficient (Wildman–Crippen LogP) is 2.01. The van der Waals surface area contributed by atoms with Gasteiger partial charge in [0.1, 0.15) is 5.75 Å². The molecule has 2 rings (SSSR count). The van der Waals surface area contributed by atoms with Gasteiger partial charge in [0.2, 0.25) is 5.91 Å². The molecular weight excluding hydrogens is 342 g/mol. The second kappa shape index (κ2) is 8.47. The lowest BCUT2D eigenvalue weighted by molar-refractivity contribution is -0.385. The number of nitrogens with zero attached hydrogens (tertiary/aromatic N) is 2. The number of nitro benzene ring substituents is 1. The van der Waals surface area contributed by atoms with E-state index in [0.717, 1.165) is 0 Å². The number of hydrogen-bond acceptors (Lipinski definition) is 7. The summed E-state index contributed by atoms with van der Waals surface area (Å²) in [6, 6.07) is 8.79. The van der Waals surface area contributed by atoms with E-state index in [1.807, 2.05) is 0 Å². The molecule has 1 amide bonds. The number of nitro groups is 1. The zero-order valence-corrected chi connectivity index (χ0v) is 14.1. The van der Waals surface area contributed by atoms with Crippen LogP contribution in [0.2, 0.25) is 0 Å². The molecule has 0 bridgehead atoms. The number of benzene rings is 2. The quantitative estimate of drug-likeness (QED) is 0.443. The summed E-state index contributed by atoms with van der Waals surface area (Å²) in [6.07, 6.45) is 1.13. The Morgan fingerprint density at radius 3 is 2.42 bits per heavy atom. The standard InChI is InChI=1S/C17H17N3O6/c1-25-15-7-12(14(20(23)24)9-16(15)26-2)8-17(22)19-18-10-11-3-5-13(21)6-4-11/h3-7,9-10,21H,8H2,1-2H3,(H,19,22)/b18-10-. The number of rotatable bonds is 7. The molecule has 0 radical (unpaired) electrons. The highest BCUT2D eigenvalue weighted by atomic mass is 16.6. The lowest BCUT2D eigenvalue weighted by atomic mass is 10.1. The van der Waals surface area contributed by atoms with Crippen molar-refractivity contribution in [1.82, 2.24) is 5.43 Å². The van der Waals surface area contributed by atoms with Crippen molar-refractivity contribution in [3.8, 4) is 17.2 Å². The summed E-state index contributed by atoms with van der Waals surface area (Å²) in [5.41, 5.74) is 2.89. The van der Waals surface area contributed by atoms with E-state index in [1.165, 1.54) is 44.7 Å². The zero-order valence-electron chi connectivity index (χ0n) is 14.1. The van der Waals surface area contributed by atoms with E-state index in [4.69, 9.17) is 9.47 Å². The van der Waals surface area contributed by atoms with Gasteiger partial charge < -0.3 is 14.6 Å². The average Bonchev–Trinajstić information content (AvgIpc) is 2.62. The highest BCUT2D eigenvalue weighted by Crippen LogP contribution is 2.34. The van der Waals surface area contributed by atoms with Gasteiger partial charge in [-0.15, -0.1) is 0 Å². The lowest BCUT2D eigenvalue weighted by Crippen LogP contribution is -2.20. The monoisotopic (exact) mass is 359 g/mol. The molecule has 0 saturated carbocycles. The first kappa shape index (κ1) is 18.7. The van der Waals surface area contributed by atoms with Crippen molar-refractivity contribution >= 4 is 17.8 Å². The number of hydrazone groups is 1. The van der Waals surface area contributed by atoms with Gasteiger partial charge in [0, 0.05) is 5.56 Å². The second-order valence-corrected chi connectivity index (χ2v) is 5.15. The molecule has 0 aromatic heterocycles. The predicted molar refractivity (Wildman–Crippen MR) is 93.7 cm³/mol. The van der Waals surface area contributed by atoms with E-state index >= 15 is 0 Å². The Balaban J connectivity index is 2.12. The minimum absolute atomic E-state index is 0.118. The molecule has 0 spiro atoms. The first-order chi connectivity index (χ1) is 12.4. The molecule has 0 fully saturated rings. The van der Waals surface area contributed by atoms with E-state index in [1.54, 1.807) is 12.1 Å². The molecule has 2 aromatic carbocycles. The normalized spacial score (nSPS) is 10.5. The van der Waals surface area contributed by atoms with Crippen LogP contribution in [0.3, 0.4) is 0 Å². The molecule has 2 aromatic rings. The van der Waals surface area contributed by atoms with Crippen LogP contribution in [-0.4, -0.2) is 36.4 Å². The highest BCUT2D eigenvalue weighted by Gasteiger charge is 2.21. The third kappa shape index (κ3) is 4.69. The van der Waals surface area contributed by atoms with Gasteiger partial charge in [0.15, 0.2) is 11.5 Å². The maximum Gasteiger partial charge on any atom is 0.277 e. The Bertz CT molecular complexity index is 833. The summed E-state index contributed by atoms with van der Waals surface area (Å²) in [6.45, 7) is 0. The van der Waals surface area contributed by atoms with Gasteiger partial charge in [0.05, 0.1) is 37.8 Å². The van der Waals surface area contributed by atoms with Crippen molar-refractivity contribution < 1.29 is 24.3 Å². The molecule has 0 aliphatic carbocycles. The van der Waals surface area contributed by atoms with Gasteiger partial charge in [-0.05, 0) is 35.9 Å². The Morgan fingerprint density at radius 1 is 1.23 bits per heavy atom. The minimum atomic E-state index is -0.593. The molecule has 9 nitrogen and oxygen atoms in total. The summed E-state index contributed by atoms with van der Waals surface area (Å²) in [5.74, 6) is 0.0736. The molecule has 0 saturated heterocycles. The number of carbonyl (C=O) groups excluding carboxylic acids is 1. The van der Waals surface area contributed by atoms with Gasteiger partial charge in [-0.25, -0.2) is 5.43 Å². The molecule has 2 N–H and O–H groups in total. The van der Waals surface area contributed by atoms with E-state index in [0.29, 0.717) is 5.56 Å². The molecule has 26 heavy (non-hydrogen) atoms. The fraction of sp³-hybridized carbons (Fsp3) is 0.176. The lowest BCUT2D eigenvalue weighted by Gasteiger charge is -2.10. The van der Waals surface area contributed by atoms with Crippen LogP contribution in [0, 0.1) is 10.1 Å². The van der Waals surface area contributed by atoms with Crippen molar-refractivity contribution in [2.75, 3.05) is 14.2 Å². The maximum atomic E-state index is 12.0. The highest BCUT2D eigenvalue weighted by molar-refractivity contribution is 5.84. The zero-order chi connectivity index (χ0) is 19.1. The van der Waals surface area contributed by atoms with Gasteiger partial charge in [0.25, 0.3) is 5.69 Å². The number of hydrogen-bond donors (Lipinski definition) is 2. The summed E-state index contributed by atoms with van der Waals surface area (Å²) in [5, 5.41) is 24.2.